The van der Waals surface area contributed by atoms with Gasteiger partial charge in [0, 0.05) is 79.6 Å². The molecule has 8 aromatic rings. The Labute approximate surface area is 511 Å². The SMILES string of the molecule is CCN1C(=O)C2C3C=C(C(O)(c4ccccc4)c4ccccn4)C(C3=C(c3ccccc3)c3ccccn3)C2C1=O.CCN1C(=O)C2C3C=C(C(O)(c4ccccc4)c4ccccn4)C(C3=C(c3ccccc3)c3ccccn3)C2C1=O.CCOC(C)=O. The van der Waals surface area contributed by atoms with Crippen molar-refractivity contribution in [3.05, 3.63) is 298 Å². The number of hydrogen-bond donors (Lipinski definition) is 2. The number of rotatable bonds is 13. The van der Waals surface area contributed by atoms with Crippen molar-refractivity contribution in [1.29, 1.82) is 0 Å². The lowest BCUT2D eigenvalue weighted by molar-refractivity contribution is -0.141. The number of likely N-dealkylation sites (tertiary alicyclic amines) is 2. The fraction of sp³-hybridized carbons (Fsp3) is 0.230. The Morgan fingerprint density at radius 1 is 0.443 bits per heavy atom. The number of imide groups is 2. The lowest BCUT2D eigenvalue weighted by atomic mass is 9.71. The number of allylic oxidation sites excluding steroid dienone is 4. The number of aromatic nitrogens is 4. The van der Waals surface area contributed by atoms with E-state index < -0.39 is 46.7 Å². The summed E-state index contributed by atoms with van der Waals surface area (Å²) < 4.78 is 4.40. The quantitative estimate of drug-likeness (QED) is 0.0631. The molecule has 4 fully saturated rings. The largest absolute Gasteiger partial charge is 0.466 e. The van der Waals surface area contributed by atoms with Crippen molar-refractivity contribution < 1.29 is 38.9 Å². The fourth-order valence-electron chi connectivity index (χ4n) is 14.7. The number of esters is 1. The summed E-state index contributed by atoms with van der Waals surface area (Å²) in [7, 11) is 0. The molecule has 88 heavy (non-hydrogen) atoms. The van der Waals surface area contributed by atoms with E-state index in [0.717, 1.165) is 44.8 Å². The Morgan fingerprint density at radius 2 is 0.773 bits per heavy atom. The van der Waals surface area contributed by atoms with Crippen LogP contribution in [0.3, 0.4) is 0 Å². The third-order valence-electron chi connectivity index (χ3n) is 18.1. The molecule has 2 saturated carbocycles. The molecular formula is C74H66N6O8. The highest BCUT2D eigenvalue weighted by atomic mass is 16.5. The van der Waals surface area contributed by atoms with E-state index in [-0.39, 0.29) is 41.4 Å². The standard InChI is InChI=1S/2C35H29N3O3.C4H8O2/c2*1-2-38-33(39)30-24-21-25(35(41,23-15-7-4-8-16-23)27-18-10-12-20-37-27)31(32(30)34(38)40)29(24)28(22-13-5-3-6-14-22)26-17-9-11-19-36-26;1-3-6-4(2)5/h2*3-21,24,30-32,41H,2H2,1H3;3H2,1-2H3. The number of carbonyl (C=O) groups excluding carboxylic acids is 5. The molecule has 0 radical (unpaired) electrons. The first kappa shape index (κ1) is 58.5. The van der Waals surface area contributed by atoms with Crippen LogP contribution in [0, 0.1) is 47.3 Å². The predicted molar refractivity (Wildman–Crippen MR) is 332 cm³/mol. The Bertz CT molecular complexity index is 3620. The highest BCUT2D eigenvalue weighted by molar-refractivity contribution is 6.09. The average Bonchev–Trinajstić information content (AvgIpc) is 1.54. The Balaban J connectivity index is 0.000000157. The molecule has 0 spiro atoms. The zero-order valence-corrected chi connectivity index (χ0v) is 49.2. The zero-order chi connectivity index (χ0) is 61.3. The van der Waals surface area contributed by atoms with Crippen LogP contribution in [-0.2, 0) is 39.9 Å². The molecule has 14 nitrogen and oxygen atoms in total. The van der Waals surface area contributed by atoms with Gasteiger partial charge in [-0.05, 0) is 114 Å². The molecule has 440 valence electrons. The minimum absolute atomic E-state index is 0.141. The second kappa shape index (κ2) is 24.5. The van der Waals surface area contributed by atoms with Gasteiger partial charge in [-0.15, -0.1) is 0 Å². The van der Waals surface area contributed by atoms with Crippen LogP contribution in [0.1, 0.15) is 72.7 Å². The van der Waals surface area contributed by atoms with Crippen molar-refractivity contribution in [2.24, 2.45) is 47.3 Å². The summed E-state index contributed by atoms with van der Waals surface area (Å²) in [6.45, 7) is 7.98. The van der Waals surface area contributed by atoms with Crippen LogP contribution in [0.2, 0.25) is 0 Å². The zero-order valence-electron chi connectivity index (χ0n) is 49.2. The van der Waals surface area contributed by atoms with Crippen molar-refractivity contribution in [2.45, 2.75) is 38.9 Å². The van der Waals surface area contributed by atoms with Crippen molar-refractivity contribution in [3.63, 3.8) is 0 Å². The van der Waals surface area contributed by atoms with Crippen LogP contribution in [0.4, 0.5) is 0 Å². The molecule has 14 rings (SSSR count). The molecule has 14 heteroatoms. The molecule has 4 aliphatic carbocycles. The fourth-order valence-corrected chi connectivity index (χ4v) is 14.7. The van der Waals surface area contributed by atoms with Crippen LogP contribution in [0.5, 0.6) is 0 Å². The first-order chi connectivity index (χ1) is 42.9. The molecule has 6 heterocycles. The van der Waals surface area contributed by atoms with Gasteiger partial charge >= 0.3 is 5.97 Å². The molecule has 2 saturated heterocycles. The van der Waals surface area contributed by atoms with Gasteiger partial charge in [0.25, 0.3) is 0 Å². The smallest absolute Gasteiger partial charge is 0.302 e. The summed E-state index contributed by atoms with van der Waals surface area (Å²) in [5.41, 5.74) is 7.63. The second-order valence-electron chi connectivity index (χ2n) is 22.5. The van der Waals surface area contributed by atoms with E-state index in [0.29, 0.717) is 53.4 Å². The summed E-state index contributed by atoms with van der Waals surface area (Å²) in [5.74, 6) is -4.86. The van der Waals surface area contributed by atoms with E-state index in [1.165, 1.54) is 16.7 Å². The average molecular weight is 1170 g/mol. The van der Waals surface area contributed by atoms with Gasteiger partial charge in [-0.25, -0.2) is 0 Å². The third-order valence-corrected chi connectivity index (χ3v) is 18.1. The second-order valence-corrected chi connectivity index (χ2v) is 22.5. The number of amides is 4. The molecular weight excluding hydrogens is 1100 g/mol. The minimum atomic E-state index is -1.60. The van der Waals surface area contributed by atoms with E-state index in [1.54, 1.807) is 31.7 Å². The molecule has 4 bridgehead atoms. The van der Waals surface area contributed by atoms with Gasteiger partial charge in [0.05, 0.1) is 53.1 Å². The van der Waals surface area contributed by atoms with Crippen LogP contribution < -0.4 is 0 Å². The number of carbonyl (C=O) groups is 5. The topological polar surface area (TPSA) is 193 Å². The van der Waals surface area contributed by atoms with Crippen molar-refractivity contribution in [3.8, 4) is 0 Å². The number of pyridine rings is 4. The van der Waals surface area contributed by atoms with Gasteiger partial charge in [-0.3, -0.25) is 53.7 Å². The van der Waals surface area contributed by atoms with Gasteiger partial charge in [0.1, 0.15) is 0 Å². The van der Waals surface area contributed by atoms with Gasteiger partial charge in [-0.2, -0.15) is 0 Å². The van der Waals surface area contributed by atoms with Crippen LogP contribution >= 0.6 is 0 Å². The summed E-state index contributed by atoms with van der Waals surface area (Å²) in [5, 5.41) is 25.7. The first-order valence-electron chi connectivity index (χ1n) is 30.0. The van der Waals surface area contributed by atoms with Gasteiger partial charge < -0.3 is 14.9 Å². The maximum atomic E-state index is 13.9. The molecule has 10 atom stereocenters. The van der Waals surface area contributed by atoms with Crippen molar-refractivity contribution >= 4 is 40.7 Å². The lowest BCUT2D eigenvalue weighted by Crippen LogP contribution is -2.38. The molecule has 2 aliphatic heterocycles. The van der Waals surface area contributed by atoms with E-state index in [4.69, 9.17) is 9.97 Å². The molecule has 4 aromatic heterocycles. The lowest BCUT2D eigenvalue weighted by Gasteiger charge is -2.36. The number of aliphatic hydroxyl groups is 2. The van der Waals surface area contributed by atoms with Crippen molar-refractivity contribution in [2.75, 3.05) is 19.7 Å². The first-order valence-corrected chi connectivity index (χ1v) is 30.0. The van der Waals surface area contributed by atoms with Crippen LogP contribution in [0.25, 0.3) is 11.1 Å². The van der Waals surface area contributed by atoms with Gasteiger partial charge in [0.15, 0.2) is 11.2 Å². The summed E-state index contributed by atoms with van der Waals surface area (Å²) in [6, 6.07) is 61.5. The van der Waals surface area contributed by atoms with E-state index in [9.17, 15) is 34.2 Å². The Morgan fingerprint density at radius 3 is 1.07 bits per heavy atom. The monoisotopic (exact) mass is 1170 g/mol. The van der Waals surface area contributed by atoms with E-state index in [2.05, 4.69) is 14.7 Å². The van der Waals surface area contributed by atoms with Crippen LogP contribution in [0.15, 0.2) is 253 Å². The maximum Gasteiger partial charge on any atom is 0.302 e. The van der Waals surface area contributed by atoms with Gasteiger partial charge in [-0.1, -0.05) is 158 Å². The van der Waals surface area contributed by atoms with Crippen molar-refractivity contribution in [1.82, 2.24) is 29.7 Å². The molecule has 10 unspecified atom stereocenters. The van der Waals surface area contributed by atoms with Gasteiger partial charge in [0.2, 0.25) is 23.6 Å². The third kappa shape index (κ3) is 9.82. The number of fused-ring (bicyclic) bond motifs is 10. The van der Waals surface area contributed by atoms with Crippen LogP contribution in [-0.4, -0.2) is 89.2 Å². The summed E-state index contributed by atoms with van der Waals surface area (Å²) in [4.78, 5) is 86.6. The number of benzene rings is 4. The molecule has 4 aromatic carbocycles. The van der Waals surface area contributed by atoms with E-state index >= 15 is 0 Å². The highest BCUT2D eigenvalue weighted by Gasteiger charge is 2.68. The molecule has 2 N–H and O–H groups in total. The number of ether oxygens (including phenoxy) is 1. The Kier molecular flexibility index (Phi) is 16.3. The number of nitrogens with zero attached hydrogens (tertiary/aromatic N) is 6. The van der Waals surface area contributed by atoms with E-state index in [1.807, 2.05) is 220 Å². The normalized spacial score (nSPS) is 24.4. The molecule has 4 amide bonds. The predicted octanol–water partition coefficient (Wildman–Crippen LogP) is 10.6. The maximum absolute atomic E-state index is 13.9. The molecule has 6 aliphatic rings. The minimum Gasteiger partial charge on any atom is -0.466 e. The summed E-state index contributed by atoms with van der Waals surface area (Å²) >= 11 is 0. The highest BCUT2D eigenvalue weighted by Crippen LogP contribution is 2.66. The summed E-state index contributed by atoms with van der Waals surface area (Å²) in [6.07, 6.45) is 10.9. The number of hydrogen-bond acceptors (Lipinski definition) is 12. The Hall–Kier alpha value is -9.89.